The van der Waals surface area contributed by atoms with E-state index in [0.717, 1.165) is 25.9 Å². The van der Waals surface area contributed by atoms with Crippen molar-refractivity contribution in [2.24, 2.45) is 0 Å². The maximum absolute atomic E-state index is 5.32. The van der Waals surface area contributed by atoms with E-state index in [2.05, 4.69) is 20.8 Å². The van der Waals surface area contributed by atoms with Gasteiger partial charge in [-0.25, -0.2) is 0 Å². The normalized spacial score (nSPS) is 13.7. The smallest absolute Gasteiger partial charge is 0.0576 e. The zero-order chi connectivity index (χ0) is 7.11. The summed E-state index contributed by atoms with van der Waals surface area (Å²) in [6.07, 6.45) is 3.56. The van der Waals surface area contributed by atoms with Crippen LogP contribution < -0.4 is 0 Å². The summed E-state index contributed by atoms with van der Waals surface area (Å²) in [6, 6.07) is 0. The molecule has 0 aliphatic heterocycles. The van der Waals surface area contributed by atoms with Crippen molar-refractivity contribution in [3.63, 3.8) is 0 Å². The quantitative estimate of drug-likeness (QED) is 0.554. The van der Waals surface area contributed by atoms with Crippen molar-refractivity contribution in [3.8, 4) is 0 Å². The molecule has 0 aromatic heterocycles. The highest BCUT2D eigenvalue weighted by atomic mass is 16.5. The Balaban J connectivity index is 2.95. The molecule has 0 N–H and O–H groups in total. The molecule has 0 aliphatic rings. The van der Waals surface area contributed by atoms with Crippen LogP contribution in [0.5, 0.6) is 0 Å². The van der Waals surface area contributed by atoms with Gasteiger partial charge in [0.25, 0.3) is 0 Å². The average Bonchev–Trinajstić information content (AvgIpc) is 1.85. The molecule has 0 heterocycles. The standard InChI is InChI=1S/C8H17O/c1-4-6-8(3)9-7-5-2/h8H,3-7H2,1-2H3. The molecule has 0 amide bonds. The summed E-state index contributed by atoms with van der Waals surface area (Å²) in [5.41, 5.74) is 0. The summed E-state index contributed by atoms with van der Waals surface area (Å²) in [7, 11) is 0. The lowest BCUT2D eigenvalue weighted by Crippen LogP contribution is -2.08. The first-order chi connectivity index (χ1) is 4.31. The number of rotatable bonds is 5. The Labute approximate surface area is 58.4 Å². The van der Waals surface area contributed by atoms with E-state index in [-0.39, 0.29) is 6.10 Å². The van der Waals surface area contributed by atoms with E-state index >= 15 is 0 Å². The molecule has 0 saturated carbocycles. The van der Waals surface area contributed by atoms with Gasteiger partial charge in [-0.05, 0) is 19.8 Å². The Kier molecular flexibility index (Phi) is 6.06. The predicted molar refractivity (Wildman–Crippen MR) is 40.3 cm³/mol. The maximum Gasteiger partial charge on any atom is 0.0576 e. The summed E-state index contributed by atoms with van der Waals surface area (Å²) in [5, 5.41) is 0. The molecule has 0 bridgehead atoms. The number of hydrogen-bond acceptors (Lipinski definition) is 1. The molecule has 1 heteroatoms. The van der Waals surface area contributed by atoms with E-state index in [1.54, 1.807) is 0 Å². The maximum atomic E-state index is 5.32. The van der Waals surface area contributed by atoms with E-state index < -0.39 is 0 Å². The van der Waals surface area contributed by atoms with E-state index in [1.807, 2.05) is 0 Å². The topological polar surface area (TPSA) is 9.23 Å². The lowest BCUT2D eigenvalue weighted by molar-refractivity contribution is 0.0776. The van der Waals surface area contributed by atoms with Gasteiger partial charge in [-0.15, -0.1) is 0 Å². The van der Waals surface area contributed by atoms with Crippen LogP contribution in [0.15, 0.2) is 0 Å². The Morgan fingerprint density at radius 2 is 2.00 bits per heavy atom. The molecule has 0 saturated heterocycles. The first-order valence-electron chi connectivity index (χ1n) is 3.76. The van der Waals surface area contributed by atoms with Crippen LogP contribution in [-0.4, -0.2) is 12.7 Å². The van der Waals surface area contributed by atoms with Crippen LogP contribution in [0.2, 0.25) is 0 Å². The minimum atomic E-state index is 0.218. The van der Waals surface area contributed by atoms with Gasteiger partial charge in [-0.3, -0.25) is 0 Å². The van der Waals surface area contributed by atoms with Crippen molar-refractivity contribution in [2.45, 2.75) is 39.2 Å². The minimum absolute atomic E-state index is 0.218. The lowest BCUT2D eigenvalue weighted by atomic mass is 10.2. The summed E-state index contributed by atoms with van der Waals surface area (Å²) >= 11 is 0. The fourth-order valence-electron chi connectivity index (χ4n) is 0.690. The van der Waals surface area contributed by atoms with Crippen molar-refractivity contribution in [1.82, 2.24) is 0 Å². The van der Waals surface area contributed by atoms with Crippen molar-refractivity contribution in [1.29, 1.82) is 0 Å². The van der Waals surface area contributed by atoms with Gasteiger partial charge >= 0.3 is 0 Å². The highest BCUT2D eigenvalue weighted by Crippen LogP contribution is 1.99. The molecule has 0 rings (SSSR count). The highest BCUT2D eigenvalue weighted by Gasteiger charge is 1.97. The van der Waals surface area contributed by atoms with E-state index in [0.29, 0.717) is 0 Å². The summed E-state index contributed by atoms with van der Waals surface area (Å²) < 4.78 is 5.32. The fraction of sp³-hybridized carbons (Fsp3) is 0.875. The monoisotopic (exact) mass is 129 g/mol. The van der Waals surface area contributed by atoms with Gasteiger partial charge in [-0.2, -0.15) is 0 Å². The van der Waals surface area contributed by atoms with Crippen LogP contribution in [-0.2, 0) is 4.74 Å². The Hall–Kier alpha value is -0.0400. The lowest BCUT2D eigenvalue weighted by Gasteiger charge is -2.09. The summed E-state index contributed by atoms with van der Waals surface area (Å²) in [4.78, 5) is 0. The van der Waals surface area contributed by atoms with Crippen molar-refractivity contribution < 1.29 is 4.74 Å². The molecule has 0 aromatic carbocycles. The number of ether oxygens (including phenoxy) is 1. The summed E-state index contributed by atoms with van der Waals surface area (Å²) in [6.45, 7) is 8.95. The average molecular weight is 129 g/mol. The van der Waals surface area contributed by atoms with E-state index in [1.165, 1.54) is 0 Å². The highest BCUT2D eigenvalue weighted by molar-refractivity contribution is 4.57. The third-order valence-electron chi connectivity index (χ3n) is 1.17. The molecule has 1 radical (unpaired) electrons. The van der Waals surface area contributed by atoms with Crippen molar-refractivity contribution >= 4 is 0 Å². The van der Waals surface area contributed by atoms with Crippen LogP contribution in [0.4, 0.5) is 0 Å². The van der Waals surface area contributed by atoms with Gasteiger partial charge < -0.3 is 4.74 Å². The van der Waals surface area contributed by atoms with E-state index in [4.69, 9.17) is 4.74 Å². The first kappa shape index (κ1) is 8.96. The van der Waals surface area contributed by atoms with Gasteiger partial charge in [-0.1, -0.05) is 20.3 Å². The molecule has 1 unspecified atom stereocenters. The van der Waals surface area contributed by atoms with Gasteiger partial charge in [0.15, 0.2) is 0 Å². The molecule has 1 atom stereocenters. The zero-order valence-corrected chi connectivity index (χ0v) is 6.52. The second-order valence-corrected chi connectivity index (χ2v) is 2.28. The van der Waals surface area contributed by atoms with Gasteiger partial charge in [0.05, 0.1) is 6.10 Å². The zero-order valence-electron chi connectivity index (χ0n) is 6.52. The molecule has 9 heavy (non-hydrogen) atoms. The number of hydrogen-bond donors (Lipinski definition) is 0. The second-order valence-electron chi connectivity index (χ2n) is 2.28. The molecular formula is C8H17O. The van der Waals surface area contributed by atoms with Crippen molar-refractivity contribution in [2.75, 3.05) is 6.61 Å². The van der Waals surface area contributed by atoms with Crippen molar-refractivity contribution in [3.05, 3.63) is 6.92 Å². The Bertz CT molecular complexity index is 52.5. The third kappa shape index (κ3) is 5.84. The minimum Gasteiger partial charge on any atom is -0.378 e. The Morgan fingerprint density at radius 1 is 1.33 bits per heavy atom. The van der Waals surface area contributed by atoms with Crippen LogP contribution in [0.1, 0.15) is 33.1 Å². The molecule has 55 valence electrons. The molecule has 1 nitrogen and oxygen atoms in total. The largest absolute Gasteiger partial charge is 0.378 e. The Morgan fingerprint density at radius 3 is 2.44 bits per heavy atom. The van der Waals surface area contributed by atoms with Crippen LogP contribution in [0, 0.1) is 6.92 Å². The molecule has 0 spiro atoms. The van der Waals surface area contributed by atoms with Gasteiger partial charge in [0.2, 0.25) is 0 Å². The summed E-state index contributed by atoms with van der Waals surface area (Å²) in [5.74, 6) is 0. The predicted octanol–water partition coefficient (Wildman–Crippen LogP) is 2.42. The van der Waals surface area contributed by atoms with Gasteiger partial charge in [0.1, 0.15) is 0 Å². The van der Waals surface area contributed by atoms with Gasteiger partial charge in [0, 0.05) is 6.61 Å². The third-order valence-corrected chi connectivity index (χ3v) is 1.17. The first-order valence-corrected chi connectivity index (χ1v) is 3.76. The van der Waals surface area contributed by atoms with Crippen LogP contribution in [0.25, 0.3) is 0 Å². The molecule has 0 aromatic rings. The molecule has 0 fully saturated rings. The van der Waals surface area contributed by atoms with Crippen LogP contribution >= 0.6 is 0 Å². The van der Waals surface area contributed by atoms with E-state index in [9.17, 15) is 0 Å². The molecular weight excluding hydrogens is 112 g/mol. The van der Waals surface area contributed by atoms with Crippen LogP contribution in [0.3, 0.4) is 0 Å². The SMILES string of the molecule is [CH2]C(CCC)OCCC. The fourth-order valence-corrected chi connectivity index (χ4v) is 0.690. The molecule has 0 aliphatic carbocycles. The second kappa shape index (κ2) is 6.09.